The van der Waals surface area contributed by atoms with Gasteiger partial charge in [-0.15, -0.1) is 0 Å². The number of amides is 2. The van der Waals surface area contributed by atoms with Crippen molar-refractivity contribution in [2.75, 3.05) is 62.3 Å². The minimum Gasteiger partial charge on any atom is -0.394 e. The third-order valence-corrected chi connectivity index (χ3v) is 8.68. The van der Waals surface area contributed by atoms with Gasteiger partial charge >= 0.3 is 0 Å². The molecule has 0 saturated carbocycles. The maximum Gasteiger partial charge on any atom is 0.251 e. The number of ether oxygens (including phenoxy) is 2. The van der Waals surface area contributed by atoms with E-state index >= 15 is 0 Å². The van der Waals surface area contributed by atoms with E-state index in [1.807, 2.05) is 23.6 Å². The molecule has 2 saturated heterocycles. The summed E-state index contributed by atoms with van der Waals surface area (Å²) in [4.78, 5) is 46.0. The molecule has 2 aromatic heterocycles. The topological polar surface area (TPSA) is 263 Å². The van der Waals surface area contributed by atoms with Crippen LogP contribution in [0.1, 0.15) is 25.0 Å². The molecule has 0 spiro atoms. The number of anilines is 2. The van der Waals surface area contributed by atoms with Gasteiger partial charge in [-0.1, -0.05) is 0 Å². The molecule has 2 aliphatic heterocycles. The molecule has 4 unspecified atom stereocenters. The second-order valence-electron chi connectivity index (χ2n) is 12.8. The van der Waals surface area contributed by atoms with E-state index in [4.69, 9.17) is 19.7 Å². The fourth-order valence-electron chi connectivity index (χ4n) is 6.16. The second-order valence-corrected chi connectivity index (χ2v) is 12.8. The molecule has 54 heavy (non-hydrogen) atoms. The lowest BCUT2D eigenvalue weighted by Gasteiger charge is -2.37. The van der Waals surface area contributed by atoms with Crippen LogP contribution in [0.15, 0.2) is 49.1 Å². The van der Waals surface area contributed by atoms with Gasteiger partial charge in [-0.2, -0.15) is 10.5 Å². The lowest BCUT2D eigenvalue weighted by Crippen LogP contribution is -2.53. The Labute approximate surface area is 310 Å². The Bertz CT molecular complexity index is 1880. The van der Waals surface area contributed by atoms with E-state index in [-0.39, 0.29) is 37.1 Å². The highest BCUT2D eigenvalue weighted by atomic mass is 16.5. The van der Waals surface area contributed by atoms with E-state index in [1.165, 1.54) is 12.4 Å². The van der Waals surface area contributed by atoms with E-state index in [2.05, 4.69) is 42.7 Å². The minimum atomic E-state index is -1.01. The van der Waals surface area contributed by atoms with Gasteiger partial charge < -0.3 is 50.3 Å². The summed E-state index contributed by atoms with van der Waals surface area (Å²) in [5.74, 6) is -0.717. The number of benzene rings is 2. The van der Waals surface area contributed by atoms with E-state index in [0.29, 0.717) is 59.4 Å². The third-order valence-electron chi connectivity index (χ3n) is 8.68. The van der Waals surface area contributed by atoms with Crippen LogP contribution in [0.3, 0.4) is 0 Å². The molecule has 2 fully saturated rings. The van der Waals surface area contributed by atoms with Gasteiger partial charge in [0, 0.05) is 51.0 Å². The number of rotatable bonds is 10. The Balaban J connectivity index is 0.000000208. The van der Waals surface area contributed by atoms with Crippen LogP contribution in [0.4, 0.5) is 11.4 Å². The highest BCUT2D eigenvalue weighted by Crippen LogP contribution is 2.30. The maximum atomic E-state index is 12.4. The third kappa shape index (κ3) is 9.49. The van der Waals surface area contributed by atoms with Gasteiger partial charge in [-0.3, -0.25) is 29.5 Å². The maximum absolute atomic E-state index is 12.4. The van der Waals surface area contributed by atoms with Gasteiger partial charge in [0.2, 0.25) is 0 Å². The van der Waals surface area contributed by atoms with Crippen molar-refractivity contribution >= 4 is 45.3 Å². The molecule has 4 aromatic rings. The largest absolute Gasteiger partial charge is 0.394 e. The first-order chi connectivity index (χ1) is 26.1. The van der Waals surface area contributed by atoms with E-state index in [9.17, 15) is 30.3 Å². The van der Waals surface area contributed by atoms with Crippen molar-refractivity contribution in [2.24, 2.45) is 0 Å². The van der Waals surface area contributed by atoms with Crippen LogP contribution in [-0.4, -0.2) is 141 Å². The van der Waals surface area contributed by atoms with Crippen molar-refractivity contribution in [3.8, 4) is 12.1 Å². The zero-order valence-corrected chi connectivity index (χ0v) is 29.7. The average Bonchev–Trinajstić information content (AvgIpc) is 3.20. The van der Waals surface area contributed by atoms with Crippen LogP contribution in [-0.2, 0) is 19.1 Å². The molecule has 2 aliphatic rings. The Morgan fingerprint density at radius 2 is 1.07 bits per heavy atom. The Kier molecular flexibility index (Phi) is 13.5. The van der Waals surface area contributed by atoms with Crippen LogP contribution in [0.5, 0.6) is 0 Å². The Hall–Kier alpha value is -5.60. The molecular formula is C36H42N10O8. The summed E-state index contributed by atoms with van der Waals surface area (Å²) in [6, 6.07) is 11.2. The van der Waals surface area contributed by atoms with Crippen molar-refractivity contribution in [2.45, 2.75) is 50.5 Å². The zero-order chi connectivity index (χ0) is 38.8. The molecule has 284 valence electrons. The summed E-state index contributed by atoms with van der Waals surface area (Å²) in [5, 5.41) is 60.2. The molecule has 4 heterocycles. The van der Waals surface area contributed by atoms with Crippen molar-refractivity contribution in [1.29, 1.82) is 10.5 Å². The average molecular weight is 743 g/mol. The Morgan fingerprint density at radius 1 is 0.704 bits per heavy atom. The number of aromatic nitrogens is 4. The van der Waals surface area contributed by atoms with Gasteiger partial charge in [0.25, 0.3) is 11.8 Å². The minimum absolute atomic E-state index is 0.0468. The number of hydrogen-bond acceptors (Lipinski definition) is 16. The van der Waals surface area contributed by atoms with E-state index in [1.54, 1.807) is 36.7 Å². The summed E-state index contributed by atoms with van der Waals surface area (Å²) >= 11 is 0. The first-order valence-corrected chi connectivity index (χ1v) is 17.3. The lowest BCUT2D eigenvalue weighted by atomic mass is 10.1. The van der Waals surface area contributed by atoms with Crippen molar-refractivity contribution in [3.05, 3.63) is 60.2 Å². The monoisotopic (exact) mass is 742 g/mol. The van der Waals surface area contributed by atoms with Gasteiger partial charge in [0.15, 0.2) is 12.2 Å². The Morgan fingerprint density at radius 3 is 1.43 bits per heavy atom. The quantitative estimate of drug-likeness (QED) is 0.115. The first-order valence-electron chi connectivity index (χ1n) is 17.3. The van der Waals surface area contributed by atoms with E-state index in [0.717, 1.165) is 11.4 Å². The molecule has 6 rings (SSSR count). The number of aliphatic hydroxyl groups is 4. The number of nitrogens with zero attached hydrogens (tertiary/aromatic N) is 8. The molecule has 0 radical (unpaired) electrons. The van der Waals surface area contributed by atoms with Crippen molar-refractivity contribution in [1.82, 2.24) is 30.6 Å². The second kappa shape index (κ2) is 18.4. The summed E-state index contributed by atoms with van der Waals surface area (Å²) in [6.45, 7) is 4.49. The smallest absolute Gasteiger partial charge is 0.251 e. The number of carbonyl (C=O) groups excluding carboxylic acids is 2. The molecule has 2 amide bonds. The van der Waals surface area contributed by atoms with Gasteiger partial charge in [-0.25, -0.2) is 0 Å². The van der Waals surface area contributed by atoms with Crippen LogP contribution >= 0.6 is 0 Å². The number of fused-ring (bicyclic) bond motifs is 2. The van der Waals surface area contributed by atoms with Crippen LogP contribution in [0.25, 0.3) is 22.1 Å². The van der Waals surface area contributed by atoms with Crippen molar-refractivity contribution in [3.63, 3.8) is 0 Å². The SMILES string of the molecule is CC1CN(c2ccc(C#N)c3nccnc23)CC(C(=O)NC[C@H](O)CO)O1.CC1CN(c2ccc(C#N)c3nccnc23)CC(C(=O)NC[C@H](O)CO)O1. The number of carbonyl (C=O) groups is 2. The molecule has 0 bridgehead atoms. The predicted molar refractivity (Wildman–Crippen MR) is 194 cm³/mol. The summed E-state index contributed by atoms with van der Waals surface area (Å²) in [5.41, 5.74) is 4.67. The fourth-order valence-corrected chi connectivity index (χ4v) is 6.16. The lowest BCUT2D eigenvalue weighted by molar-refractivity contribution is -0.138. The zero-order valence-electron chi connectivity index (χ0n) is 29.7. The molecule has 18 heteroatoms. The number of nitriles is 2. The number of hydrogen-bond donors (Lipinski definition) is 6. The number of morpholine rings is 2. The fraction of sp³-hybridized carbons (Fsp3) is 0.444. The van der Waals surface area contributed by atoms with Crippen LogP contribution in [0, 0.1) is 22.7 Å². The molecule has 6 N–H and O–H groups in total. The van der Waals surface area contributed by atoms with Gasteiger partial charge in [0.05, 0.1) is 73.2 Å². The summed E-state index contributed by atoms with van der Waals surface area (Å²) in [7, 11) is 0. The number of nitrogens with one attached hydrogen (secondary N) is 2. The normalized spacial score (nSPS) is 20.9. The number of aliphatic hydroxyl groups excluding tert-OH is 4. The predicted octanol–water partition coefficient (Wildman–Crippen LogP) is -0.871. The highest BCUT2D eigenvalue weighted by molar-refractivity contribution is 5.93. The van der Waals surface area contributed by atoms with Crippen LogP contribution in [0.2, 0.25) is 0 Å². The standard InChI is InChI=1S/2C18H21N5O4/c2*1-11-8-23(9-15(27-11)18(26)22-7-13(25)10-24)14-3-2-12(6-19)16-17(14)21-5-4-20-16/h2*2-5,11,13,15,24-25H,7-10H2,1H3,(H,22,26)/t2*11?,13-,15?/m00/s1. The van der Waals surface area contributed by atoms with Crippen molar-refractivity contribution < 1.29 is 39.5 Å². The molecule has 0 aliphatic carbocycles. The summed E-state index contributed by atoms with van der Waals surface area (Å²) in [6.07, 6.45) is 2.31. The molecular weight excluding hydrogens is 700 g/mol. The van der Waals surface area contributed by atoms with Crippen LogP contribution < -0.4 is 20.4 Å². The molecule has 2 aromatic carbocycles. The molecule has 6 atom stereocenters. The highest BCUT2D eigenvalue weighted by Gasteiger charge is 2.33. The molecule has 18 nitrogen and oxygen atoms in total. The first kappa shape index (κ1) is 39.6. The van der Waals surface area contributed by atoms with E-state index < -0.39 is 37.6 Å². The van der Waals surface area contributed by atoms with Gasteiger partial charge in [-0.05, 0) is 38.1 Å². The summed E-state index contributed by atoms with van der Waals surface area (Å²) < 4.78 is 11.5. The van der Waals surface area contributed by atoms with Gasteiger partial charge in [0.1, 0.15) is 34.2 Å².